The molecule has 0 fully saturated rings. The number of hydrogen-bond acceptors (Lipinski definition) is 9. The number of pyridine rings is 2. The van der Waals surface area contributed by atoms with Gasteiger partial charge in [0.25, 0.3) is 10.8 Å². The van der Waals surface area contributed by atoms with Crippen molar-refractivity contribution in [1.82, 2.24) is 24.1 Å². The van der Waals surface area contributed by atoms with Crippen LogP contribution in [-0.2, 0) is 7.05 Å². The second-order valence-corrected chi connectivity index (χ2v) is 10.8. The number of aryl methyl sites for hydroxylation is 1. The highest BCUT2D eigenvalue weighted by atomic mass is 32.1. The highest BCUT2D eigenvalue weighted by Crippen LogP contribution is 2.34. The van der Waals surface area contributed by atoms with E-state index in [1.165, 1.54) is 22.0 Å². The van der Waals surface area contributed by atoms with Crippen LogP contribution in [0.5, 0.6) is 5.19 Å². The summed E-state index contributed by atoms with van der Waals surface area (Å²) in [6.07, 6.45) is 3.38. The quantitative estimate of drug-likeness (QED) is 0.240. The van der Waals surface area contributed by atoms with Crippen LogP contribution in [-0.4, -0.2) is 30.7 Å². The Morgan fingerprint density at radius 1 is 1.02 bits per heavy atom. The van der Waals surface area contributed by atoms with Crippen molar-refractivity contribution in [3.05, 3.63) is 111 Å². The minimum Gasteiger partial charge on any atom is -0.470 e. The van der Waals surface area contributed by atoms with Gasteiger partial charge in [-0.2, -0.15) is 4.98 Å². The number of rotatable bonds is 8. The molecule has 3 N–H and O–H groups in total. The Kier molecular flexibility index (Phi) is 7.47. The average molecular weight is 592 g/mol. The molecule has 0 aliphatic carbocycles. The highest BCUT2D eigenvalue weighted by molar-refractivity contribution is 7.11. The summed E-state index contributed by atoms with van der Waals surface area (Å²) in [5.41, 5.74) is 9.98. The summed E-state index contributed by atoms with van der Waals surface area (Å²) < 4.78 is 8.78. The number of aromatic nitrogens is 5. The summed E-state index contributed by atoms with van der Waals surface area (Å²) in [6, 6.07) is 20.1. The van der Waals surface area contributed by atoms with Crippen molar-refractivity contribution in [2.45, 2.75) is 19.9 Å². The van der Waals surface area contributed by atoms with Crippen molar-refractivity contribution in [2.24, 2.45) is 7.05 Å². The van der Waals surface area contributed by atoms with Crippen LogP contribution in [0.25, 0.3) is 38.8 Å². The van der Waals surface area contributed by atoms with Gasteiger partial charge in [-0.1, -0.05) is 47.7 Å². The molecule has 4 aromatic heterocycles. The van der Waals surface area contributed by atoms with E-state index < -0.39 is 6.04 Å². The van der Waals surface area contributed by atoms with E-state index in [9.17, 15) is 9.59 Å². The van der Waals surface area contributed by atoms with E-state index >= 15 is 0 Å². The maximum absolute atomic E-state index is 14.5. The molecule has 0 spiro atoms. The number of benzene rings is 2. The molecule has 10 nitrogen and oxygen atoms in total. The Morgan fingerprint density at radius 2 is 1.84 bits per heavy atom. The molecule has 216 valence electrons. The Labute approximate surface area is 251 Å². The van der Waals surface area contributed by atoms with Gasteiger partial charge in [-0.3, -0.25) is 14.2 Å². The largest absolute Gasteiger partial charge is 0.470 e. The summed E-state index contributed by atoms with van der Waals surface area (Å²) in [5, 5.41) is 7.22. The molecular weight excluding hydrogens is 562 g/mol. The van der Waals surface area contributed by atoms with E-state index in [-0.39, 0.29) is 17.1 Å². The van der Waals surface area contributed by atoms with Crippen LogP contribution in [0.2, 0.25) is 0 Å². The van der Waals surface area contributed by atoms with Gasteiger partial charge < -0.3 is 20.4 Å². The standard InChI is InChI=1S/C32H29N7O3S/c1-4-42-32-36-25(18-43-32)24-16-34-31(33)37-29(24)35-19(2)26-15-20-9-8-12-23(21-13-14-27(40)38(3)17-21)28(20)30(41)39(26)22-10-6-5-7-11-22/h5-19H,4H2,1-3H3,(H3,33,34,35,37). The molecule has 11 heteroatoms. The van der Waals surface area contributed by atoms with Gasteiger partial charge in [0.05, 0.1) is 29.3 Å². The molecule has 2 aromatic carbocycles. The molecule has 1 atom stereocenters. The zero-order valence-electron chi connectivity index (χ0n) is 23.8. The van der Waals surface area contributed by atoms with Crippen LogP contribution in [0.3, 0.4) is 0 Å². The van der Waals surface area contributed by atoms with Gasteiger partial charge in [0.2, 0.25) is 11.5 Å². The lowest BCUT2D eigenvalue weighted by atomic mass is 9.98. The van der Waals surface area contributed by atoms with E-state index in [0.717, 1.165) is 27.9 Å². The van der Waals surface area contributed by atoms with Crippen LogP contribution in [0.1, 0.15) is 25.6 Å². The number of hydrogen-bond donors (Lipinski definition) is 2. The van der Waals surface area contributed by atoms with Gasteiger partial charge in [-0.15, -0.1) is 0 Å². The van der Waals surface area contributed by atoms with Crippen molar-refractivity contribution in [2.75, 3.05) is 17.7 Å². The average Bonchev–Trinajstić information content (AvgIpc) is 3.47. The van der Waals surface area contributed by atoms with Crippen LogP contribution in [0.4, 0.5) is 11.8 Å². The molecule has 43 heavy (non-hydrogen) atoms. The van der Waals surface area contributed by atoms with Gasteiger partial charge in [-0.05, 0) is 54.6 Å². The Hall–Kier alpha value is -5.29. The zero-order valence-corrected chi connectivity index (χ0v) is 24.6. The molecule has 4 heterocycles. The van der Waals surface area contributed by atoms with Crippen molar-refractivity contribution in [1.29, 1.82) is 0 Å². The maximum Gasteiger partial charge on any atom is 0.273 e. The molecule has 0 aliphatic heterocycles. The molecular formula is C32H29N7O3S. The van der Waals surface area contributed by atoms with Crippen LogP contribution in [0, 0.1) is 0 Å². The smallest absolute Gasteiger partial charge is 0.273 e. The lowest BCUT2D eigenvalue weighted by Crippen LogP contribution is -2.26. The topological polar surface area (TPSA) is 130 Å². The molecule has 6 rings (SSSR count). The third-order valence-electron chi connectivity index (χ3n) is 7.12. The van der Waals surface area contributed by atoms with Gasteiger partial charge in [0.15, 0.2) is 0 Å². The van der Waals surface area contributed by atoms with Crippen molar-refractivity contribution in [3.63, 3.8) is 0 Å². The molecule has 0 saturated heterocycles. The molecule has 6 aromatic rings. The summed E-state index contributed by atoms with van der Waals surface area (Å²) >= 11 is 1.39. The first-order chi connectivity index (χ1) is 20.8. The fraction of sp³-hybridized carbons (Fsp3) is 0.156. The van der Waals surface area contributed by atoms with E-state index in [4.69, 9.17) is 10.5 Å². The van der Waals surface area contributed by atoms with Gasteiger partial charge in [-0.25, -0.2) is 9.97 Å². The lowest BCUT2D eigenvalue weighted by molar-refractivity contribution is 0.338. The number of anilines is 2. The van der Waals surface area contributed by atoms with Crippen LogP contribution < -0.4 is 26.9 Å². The number of thiazole rings is 1. The number of nitrogens with one attached hydrogen (secondary N) is 1. The van der Waals surface area contributed by atoms with Crippen molar-refractivity contribution >= 4 is 33.9 Å². The van der Waals surface area contributed by atoms with Gasteiger partial charge >= 0.3 is 0 Å². The molecule has 0 aliphatic rings. The first-order valence-corrected chi connectivity index (χ1v) is 14.6. The summed E-state index contributed by atoms with van der Waals surface area (Å²) in [6.45, 7) is 4.38. The van der Waals surface area contributed by atoms with E-state index in [2.05, 4.69) is 20.3 Å². The third-order valence-corrected chi connectivity index (χ3v) is 7.87. The Bertz CT molecular complexity index is 2070. The fourth-order valence-corrected chi connectivity index (χ4v) is 5.81. The second-order valence-electron chi connectivity index (χ2n) is 9.97. The Morgan fingerprint density at radius 3 is 2.60 bits per heavy atom. The number of para-hydroxylation sites is 1. The minimum absolute atomic E-state index is 0.111. The Balaban J connectivity index is 1.51. The van der Waals surface area contributed by atoms with Gasteiger partial charge in [0, 0.05) is 42.3 Å². The first-order valence-electron chi connectivity index (χ1n) is 13.7. The number of nitrogen functional groups attached to an aromatic ring is 1. The third kappa shape index (κ3) is 5.38. The summed E-state index contributed by atoms with van der Waals surface area (Å²) in [4.78, 5) is 39.8. The van der Waals surface area contributed by atoms with Crippen LogP contribution in [0.15, 0.2) is 94.1 Å². The molecule has 0 radical (unpaired) electrons. The monoisotopic (exact) mass is 591 g/mol. The molecule has 1 unspecified atom stereocenters. The van der Waals surface area contributed by atoms with E-state index in [0.29, 0.717) is 34.3 Å². The van der Waals surface area contributed by atoms with Crippen molar-refractivity contribution < 1.29 is 4.74 Å². The highest BCUT2D eigenvalue weighted by Gasteiger charge is 2.21. The number of fused-ring (bicyclic) bond motifs is 1. The molecule has 0 bridgehead atoms. The number of nitrogens with zero attached hydrogens (tertiary/aromatic N) is 5. The second kappa shape index (κ2) is 11.5. The molecule has 0 saturated carbocycles. The fourth-order valence-electron chi connectivity index (χ4n) is 5.08. The number of nitrogens with two attached hydrogens (primary N) is 1. The predicted octanol–water partition coefficient (Wildman–Crippen LogP) is 5.42. The first kappa shape index (κ1) is 27.9. The molecule has 0 amide bonds. The number of ether oxygens (including phenoxy) is 1. The summed E-state index contributed by atoms with van der Waals surface area (Å²) in [7, 11) is 1.70. The predicted molar refractivity (Wildman–Crippen MR) is 171 cm³/mol. The lowest BCUT2D eigenvalue weighted by Gasteiger charge is -2.23. The normalized spacial score (nSPS) is 11.9. The van der Waals surface area contributed by atoms with Crippen molar-refractivity contribution in [3.8, 4) is 33.3 Å². The van der Waals surface area contributed by atoms with Gasteiger partial charge in [0.1, 0.15) is 5.82 Å². The van der Waals surface area contributed by atoms with E-state index in [1.807, 2.05) is 73.8 Å². The zero-order chi connectivity index (χ0) is 30.1. The van der Waals surface area contributed by atoms with E-state index in [1.54, 1.807) is 30.1 Å². The SMILES string of the molecule is CCOc1nc(-c2cnc(N)nc2NC(C)c2cc3cccc(-c4ccc(=O)n(C)c4)c3c(=O)n2-c2ccccc2)cs1. The minimum atomic E-state index is -0.392. The maximum atomic E-state index is 14.5. The van der Waals surface area contributed by atoms with Crippen LogP contribution >= 0.6 is 11.3 Å². The summed E-state index contributed by atoms with van der Waals surface area (Å²) in [5.74, 6) is 0.596.